The molecule has 0 bridgehead atoms. The highest BCUT2D eigenvalue weighted by Gasteiger charge is 2.18. The van der Waals surface area contributed by atoms with Gasteiger partial charge in [-0.05, 0) is 117 Å². The molecular weight excluding hydrogens is 861 g/mol. The van der Waals surface area contributed by atoms with E-state index in [1.54, 1.807) is 22.7 Å². The standard InChI is InChI=1S/C27H28N6OS.C24H26N6S/c1-4-25(34)29-20-7-5-6-19(15-20)22-17-35-24-16-28-27(31-26(22)24)30-23-9-8-21(14-18(23)2)33-12-10-32(3)11-13-33;1-16-12-19(30-10-8-29(2)9-11-30)6-7-21(16)27-24-26-14-22-23(28-24)20(15-31-22)17-4-3-5-18(25)13-17/h4-9,14-17H,1,10-13H2,2-3H3,(H,29,34)(H,28,30,31);3-7,12-15H,8-11,25H2,1-2H3,(H,26,27,28). The summed E-state index contributed by atoms with van der Waals surface area (Å²) in [5, 5.41) is 13.8. The molecule has 4 aromatic heterocycles. The summed E-state index contributed by atoms with van der Waals surface area (Å²) in [6.45, 7) is 16.3. The molecule has 2 saturated heterocycles. The molecule has 1 amide bonds. The average molecular weight is 915 g/mol. The molecule has 13 nitrogen and oxygen atoms in total. The van der Waals surface area contributed by atoms with Crippen LogP contribution >= 0.6 is 22.7 Å². The summed E-state index contributed by atoms with van der Waals surface area (Å²) in [7, 11) is 4.35. The average Bonchev–Trinajstić information content (AvgIpc) is 3.95. The van der Waals surface area contributed by atoms with Crippen LogP contribution in [0.1, 0.15) is 11.1 Å². The number of hydrogen-bond donors (Lipinski definition) is 4. The van der Waals surface area contributed by atoms with Crippen LogP contribution in [0.3, 0.4) is 0 Å². The van der Waals surface area contributed by atoms with Gasteiger partial charge in [0, 0.05) is 108 Å². The van der Waals surface area contributed by atoms with Crippen LogP contribution in [0.15, 0.2) is 121 Å². The first-order valence-electron chi connectivity index (χ1n) is 22.1. The largest absolute Gasteiger partial charge is 0.399 e. The van der Waals surface area contributed by atoms with Crippen molar-refractivity contribution in [1.29, 1.82) is 0 Å². The molecule has 0 spiro atoms. The van der Waals surface area contributed by atoms with E-state index in [0.717, 1.165) is 123 Å². The quantitative estimate of drug-likeness (QED) is 0.0766. The number of likely N-dealkylation sites (N-methyl/N-ethyl adjacent to an activating group) is 2. The predicted octanol–water partition coefficient (Wildman–Crippen LogP) is 10.0. The summed E-state index contributed by atoms with van der Waals surface area (Å²) in [6, 6.07) is 28.7. The maximum absolute atomic E-state index is 11.7. The van der Waals surface area contributed by atoms with Crippen molar-refractivity contribution in [3.8, 4) is 22.3 Å². The molecule has 0 saturated carbocycles. The Morgan fingerprint density at radius 1 is 0.652 bits per heavy atom. The highest BCUT2D eigenvalue weighted by atomic mass is 32.1. The van der Waals surface area contributed by atoms with Crippen molar-refractivity contribution in [3.05, 3.63) is 132 Å². The van der Waals surface area contributed by atoms with E-state index in [1.807, 2.05) is 54.9 Å². The van der Waals surface area contributed by atoms with Crippen molar-refractivity contribution >= 4 is 95.0 Å². The molecule has 0 unspecified atom stereocenters. The zero-order chi connectivity index (χ0) is 45.7. The Kier molecular flexibility index (Phi) is 13.2. The molecule has 10 rings (SSSR count). The van der Waals surface area contributed by atoms with Crippen molar-refractivity contribution < 1.29 is 4.79 Å². The third-order valence-electron chi connectivity index (χ3n) is 12.1. The number of nitrogens with zero attached hydrogens (tertiary/aromatic N) is 8. The summed E-state index contributed by atoms with van der Waals surface area (Å²) < 4.78 is 2.07. The van der Waals surface area contributed by atoms with Gasteiger partial charge in [-0.2, -0.15) is 0 Å². The number of aromatic nitrogens is 4. The number of rotatable bonds is 10. The van der Waals surface area contributed by atoms with Crippen LogP contribution < -0.4 is 31.5 Å². The fraction of sp³-hybridized carbons (Fsp3) is 0.235. The molecule has 6 heterocycles. The second-order valence-corrected chi connectivity index (χ2v) is 18.7. The highest BCUT2D eigenvalue weighted by molar-refractivity contribution is 7.18. The SMILES string of the molecule is C=CC(=O)Nc1cccc(-c2csc3cnc(Nc4ccc(N5CCN(C)CC5)cc4C)nc23)c1.Cc1cc(N2CCN(C)CC2)ccc1Nc1ncc2scc(-c3cccc(N)c3)c2n1. The van der Waals surface area contributed by atoms with Gasteiger partial charge >= 0.3 is 0 Å². The smallest absolute Gasteiger partial charge is 0.247 e. The number of anilines is 8. The first-order valence-corrected chi connectivity index (χ1v) is 23.8. The van der Waals surface area contributed by atoms with Crippen molar-refractivity contribution in [3.63, 3.8) is 0 Å². The van der Waals surface area contributed by atoms with E-state index < -0.39 is 0 Å². The van der Waals surface area contributed by atoms with Gasteiger partial charge in [-0.1, -0.05) is 30.8 Å². The summed E-state index contributed by atoms with van der Waals surface area (Å²) >= 11 is 3.25. The minimum Gasteiger partial charge on any atom is -0.399 e. The molecule has 2 aliphatic rings. The van der Waals surface area contributed by atoms with E-state index in [9.17, 15) is 4.79 Å². The zero-order valence-corrected chi connectivity index (χ0v) is 39.3. The first kappa shape index (κ1) is 44.3. The lowest BCUT2D eigenvalue weighted by molar-refractivity contribution is -0.111. The Morgan fingerprint density at radius 2 is 1.14 bits per heavy atom. The van der Waals surface area contributed by atoms with Crippen LogP contribution in [-0.4, -0.2) is 102 Å². The van der Waals surface area contributed by atoms with Crippen molar-refractivity contribution in [2.24, 2.45) is 0 Å². The van der Waals surface area contributed by atoms with Gasteiger partial charge < -0.3 is 41.3 Å². The Hall–Kier alpha value is -6.91. The zero-order valence-electron chi connectivity index (χ0n) is 37.7. The number of aryl methyl sites for hydroxylation is 2. The molecular formula is C51H54N12OS2. The number of carbonyl (C=O) groups is 1. The normalized spacial score (nSPS) is 14.5. The number of benzene rings is 4. The highest BCUT2D eigenvalue weighted by Crippen LogP contribution is 2.36. The monoisotopic (exact) mass is 914 g/mol. The molecule has 336 valence electrons. The van der Waals surface area contributed by atoms with E-state index in [-0.39, 0.29) is 5.91 Å². The number of nitrogens with two attached hydrogens (primary N) is 1. The molecule has 2 aliphatic heterocycles. The number of carbonyl (C=O) groups excluding carboxylic acids is 1. The number of nitrogens with one attached hydrogen (secondary N) is 3. The van der Waals surface area contributed by atoms with Crippen LogP contribution in [-0.2, 0) is 4.79 Å². The number of amides is 1. The van der Waals surface area contributed by atoms with E-state index >= 15 is 0 Å². The summed E-state index contributed by atoms with van der Waals surface area (Å²) in [5.41, 5.74) is 20.3. The summed E-state index contributed by atoms with van der Waals surface area (Å²) in [4.78, 5) is 40.1. The van der Waals surface area contributed by atoms with Crippen LogP contribution in [0.5, 0.6) is 0 Å². The van der Waals surface area contributed by atoms with E-state index in [1.165, 1.54) is 23.0 Å². The van der Waals surface area contributed by atoms with Gasteiger partial charge in [-0.25, -0.2) is 19.9 Å². The van der Waals surface area contributed by atoms with Crippen molar-refractivity contribution in [2.75, 3.05) is 97.9 Å². The van der Waals surface area contributed by atoms with Gasteiger partial charge in [0.2, 0.25) is 17.8 Å². The molecule has 8 aromatic rings. The Bertz CT molecular complexity index is 3020. The van der Waals surface area contributed by atoms with Crippen LogP contribution in [0.2, 0.25) is 0 Å². The van der Waals surface area contributed by atoms with Gasteiger partial charge in [0.25, 0.3) is 0 Å². The van der Waals surface area contributed by atoms with E-state index in [4.69, 9.17) is 15.7 Å². The molecule has 0 atom stereocenters. The molecule has 4 aromatic carbocycles. The topological polar surface area (TPSA) is 144 Å². The third-order valence-corrected chi connectivity index (χ3v) is 13.9. The third kappa shape index (κ3) is 10.1. The molecule has 15 heteroatoms. The minimum absolute atomic E-state index is 0.236. The molecule has 2 fully saturated rings. The fourth-order valence-electron chi connectivity index (χ4n) is 8.19. The van der Waals surface area contributed by atoms with Gasteiger partial charge in [0.15, 0.2) is 0 Å². The summed E-state index contributed by atoms with van der Waals surface area (Å²) in [6.07, 6.45) is 5.01. The van der Waals surface area contributed by atoms with Gasteiger partial charge in [0.1, 0.15) is 0 Å². The number of thiophene rings is 2. The van der Waals surface area contributed by atoms with Crippen molar-refractivity contribution in [2.45, 2.75) is 13.8 Å². The minimum atomic E-state index is -0.236. The Balaban J connectivity index is 0.000000167. The molecule has 0 radical (unpaired) electrons. The number of piperazine rings is 2. The molecule has 5 N–H and O–H groups in total. The van der Waals surface area contributed by atoms with Crippen LogP contribution in [0.25, 0.3) is 42.7 Å². The van der Waals surface area contributed by atoms with Gasteiger partial charge in [-0.15, -0.1) is 22.7 Å². The van der Waals surface area contributed by atoms with E-state index in [0.29, 0.717) is 11.9 Å². The Labute approximate surface area is 393 Å². The second kappa shape index (κ2) is 19.7. The first-order chi connectivity index (χ1) is 32.1. The van der Waals surface area contributed by atoms with Crippen molar-refractivity contribution in [1.82, 2.24) is 29.7 Å². The number of nitrogen functional groups attached to an aromatic ring is 1. The lowest BCUT2D eigenvalue weighted by Gasteiger charge is -2.34. The maximum Gasteiger partial charge on any atom is 0.247 e. The summed E-state index contributed by atoms with van der Waals surface area (Å²) in [5.74, 6) is 0.926. The lowest BCUT2D eigenvalue weighted by atomic mass is 10.1. The number of fused-ring (bicyclic) bond motifs is 2. The maximum atomic E-state index is 11.7. The number of hydrogen-bond acceptors (Lipinski definition) is 14. The van der Waals surface area contributed by atoms with E-state index in [2.05, 4.69) is 133 Å². The Morgan fingerprint density at radius 3 is 1.61 bits per heavy atom. The lowest BCUT2D eigenvalue weighted by Crippen LogP contribution is -2.44. The van der Waals surface area contributed by atoms with Gasteiger partial charge in [0.05, 0.1) is 32.8 Å². The van der Waals surface area contributed by atoms with Gasteiger partial charge in [-0.3, -0.25) is 4.79 Å². The van der Waals surface area contributed by atoms with Crippen LogP contribution in [0, 0.1) is 13.8 Å². The second-order valence-electron chi connectivity index (χ2n) is 16.8. The predicted molar refractivity (Wildman–Crippen MR) is 277 cm³/mol. The molecule has 0 aliphatic carbocycles. The van der Waals surface area contributed by atoms with Crippen LogP contribution in [0.4, 0.5) is 46.0 Å². The fourth-order valence-corrected chi connectivity index (χ4v) is 9.94. The molecule has 66 heavy (non-hydrogen) atoms.